The Hall–Kier alpha value is -3.30. The number of hydrogen-bond donors (Lipinski definition) is 3. The van der Waals surface area contributed by atoms with Gasteiger partial charge < -0.3 is 20.4 Å². The van der Waals surface area contributed by atoms with Gasteiger partial charge in [0.15, 0.2) is 11.6 Å². The van der Waals surface area contributed by atoms with Gasteiger partial charge in [0.05, 0.1) is 16.5 Å². The summed E-state index contributed by atoms with van der Waals surface area (Å²) in [6.45, 7) is 1.93. The van der Waals surface area contributed by atoms with Crippen molar-refractivity contribution in [3.05, 3.63) is 53.9 Å². The number of fused-ring (bicyclic) bond motifs is 1. The van der Waals surface area contributed by atoms with Gasteiger partial charge in [-0.05, 0) is 48.7 Å². The van der Waals surface area contributed by atoms with Gasteiger partial charge in [0.25, 0.3) is 5.91 Å². The molecule has 0 radical (unpaired) electrons. The fourth-order valence-electron chi connectivity index (χ4n) is 3.29. The van der Waals surface area contributed by atoms with E-state index in [9.17, 15) is 4.79 Å². The molecule has 1 unspecified atom stereocenters. The predicted octanol–water partition coefficient (Wildman–Crippen LogP) is 3.37. The number of furan rings is 1. The van der Waals surface area contributed by atoms with E-state index >= 15 is 0 Å². The van der Waals surface area contributed by atoms with Crippen molar-refractivity contribution in [3.8, 4) is 11.4 Å². The molecule has 1 atom stereocenters. The Balaban J connectivity index is 1.46. The van der Waals surface area contributed by atoms with Gasteiger partial charge in [0, 0.05) is 24.3 Å². The molecule has 4 aromatic rings. The van der Waals surface area contributed by atoms with Crippen LogP contribution in [0.1, 0.15) is 17.0 Å². The van der Waals surface area contributed by atoms with Gasteiger partial charge in [-0.3, -0.25) is 4.79 Å². The number of hydrogen-bond acceptors (Lipinski definition) is 8. The van der Waals surface area contributed by atoms with Crippen LogP contribution >= 0.6 is 11.3 Å². The lowest BCUT2D eigenvalue weighted by Gasteiger charge is -2.14. The molecule has 8 nitrogen and oxygen atoms in total. The quantitative estimate of drug-likeness (QED) is 0.467. The Morgan fingerprint density at radius 1 is 1.28 bits per heavy atom. The van der Waals surface area contributed by atoms with Crippen LogP contribution in [0.15, 0.2) is 52.6 Å². The Morgan fingerprint density at radius 3 is 3.07 bits per heavy atom. The second-order valence-electron chi connectivity index (χ2n) is 6.73. The first-order valence-corrected chi connectivity index (χ1v) is 10.2. The van der Waals surface area contributed by atoms with Crippen molar-refractivity contribution in [1.29, 1.82) is 0 Å². The first kappa shape index (κ1) is 17.8. The van der Waals surface area contributed by atoms with E-state index in [4.69, 9.17) is 14.4 Å². The van der Waals surface area contributed by atoms with Crippen LogP contribution < -0.4 is 16.0 Å². The number of amides is 1. The molecule has 0 saturated carbocycles. The molecule has 1 aliphatic rings. The fourth-order valence-corrected chi connectivity index (χ4v) is 4.07. The van der Waals surface area contributed by atoms with E-state index in [1.165, 1.54) is 6.26 Å². The van der Waals surface area contributed by atoms with Gasteiger partial charge in [0.2, 0.25) is 0 Å². The second kappa shape index (κ2) is 7.61. The van der Waals surface area contributed by atoms with E-state index in [2.05, 4.69) is 20.9 Å². The summed E-state index contributed by atoms with van der Waals surface area (Å²) in [6.07, 6.45) is 4.14. The lowest BCUT2D eigenvalue weighted by Crippen LogP contribution is -2.22. The van der Waals surface area contributed by atoms with E-state index in [0.717, 1.165) is 41.1 Å². The second-order valence-corrected chi connectivity index (χ2v) is 7.64. The molecule has 5 rings (SSSR count). The van der Waals surface area contributed by atoms with Crippen molar-refractivity contribution < 1.29 is 9.21 Å². The Bertz CT molecular complexity index is 1150. The highest BCUT2D eigenvalue weighted by atomic mass is 32.1. The average Bonchev–Trinajstić information content (AvgIpc) is 3.50. The number of carbonyl (C=O) groups excluding carboxylic acids is 1. The van der Waals surface area contributed by atoms with Crippen LogP contribution in [0.5, 0.6) is 0 Å². The van der Waals surface area contributed by atoms with Crippen molar-refractivity contribution in [2.75, 3.05) is 23.7 Å². The summed E-state index contributed by atoms with van der Waals surface area (Å²) in [7, 11) is 0. The molecule has 0 bridgehead atoms. The molecule has 0 aromatic carbocycles. The van der Waals surface area contributed by atoms with E-state index < -0.39 is 0 Å². The smallest absolute Gasteiger partial charge is 0.292 e. The van der Waals surface area contributed by atoms with Crippen molar-refractivity contribution in [1.82, 2.24) is 20.3 Å². The third-order valence-corrected chi connectivity index (χ3v) is 5.62. The molecule has 146 valence electrons. The minimum atomic E-state index is -0.357. The number of carbonyl (C=O) groups is 1. The molecule has 1 saturated heterocycles. The summed E-state index contributed by atoms with van der Waals surface area (Å²) in [4.78, 5) is 25.9. The minimum Gasteiger partial charge on any atom is -0.459 e. The van der Waals surface area contributed by atoms with Crippen LogP contribution in [0.4, 0.5) is 11.6 Å². The maximum absolute atomic E-state index is 12.2. The van der Waals surface area contributed by atoms with Gasteiger partial charge in [-0.25, -0.2) is 15.0 Å². The summed E-state index contributed by atoms with van der Waals surface area (Å²) in [5.74, 6) is 1.70. The Morgan fingerprint density at radius 2 is 2.24 bits per heavy atom. The third-order valence-electron chi connectivity index (χ3n) is 4.71. The highest BCUT2D eigenvalue weighted by Crippen LogP contribution is 2.30. The minimum absolute atomic E-state index is 0.227. The summed E-state index contributed by atoms with van der Waals surface area (Å²) in [5, 5.41) is 11.7. The van der Waals surface area contributed by atoms with Crippen molar-refractivity contribution >= 4 is 39.1 Å². The molecule has 1 fully saturated rings. The van der Waals surface area contributed by atoms with Crippen LogP contribution in [0.2, 0.25) is 0 Å². The zero-order valence-electron chi connectivity index (χ0n) is 15.4. The molecular formula is C20H18N6O2S. The van der Waals surface area contributed by atoms with E-state index in [-0.39, 0.29) is 11.7 Å². The van der Waals surface area contributed by atoms with Crippen LogP contribution in [0.25, 0.3) is 21.6 Å². The first-order chi connectivity index (χ1) is 14.3. The van der Waals surface area contributed by atoms with Gasteiger partial charge in [-0.1, -0.05) is 0 Å². The molecular weight excluding hydrogens is 388 g/mol. The number of aromatic nitrogens is 3. The molecule has 1 aliphatic heterocycles. The van der Waals surface area contributed by atoms with Crippen LogP contribution in [0.3, 0.4) is 0 Å². The maximum Gasteiger partial charge on any atom is 0.292 e. The van der Waals surface area contributed by atoms with Gasteiger partial charge in [-0.2, -0.15) is 0 Å². The largest absolute Gasteiger partial charge is 0.459 e. The summed E-state index contributed by atoms with van der Waals surface area (Å²) < 4.78 is 6.17. The van der Waals surface area contributed by atoms with Crippen LogP contribution in [-0.2, 0) is 0 Å². The van der Waals surface area contributed by atoms with Crippen LogP contribution in [-0.4, -0.2) is 40.0 Å². The highest BCUT2D eigenvalue weighted by Gasteiger charge is 2.18. The molecule has 3 N–H and O–H groups in total. The number of pyridine rings is 1. The Labute approximate surface area is 170 Å². The first-order valence-electron chi connectivity index (χ1n) is 9.30. The van der Waals surface area contributed by atoms with Gasteiger partial charge in [0.1, 0.15) is 11.6 Å². The van der Waals surface area contributed by atoms with E-state index in [0.29, 0.717) is 17.7 Å². The fraction of sp³-hybridized carbons (Fsp3) is 0.200. The normalized spacial score (nSPS) is 16.2. The summed E-state index contributed by atoms with van der Waals surface area (Å²) >= 11 is 1.62. The van der Waals surface area contributed by atoms with E-state index in [1.54, 1.807) is 35.7 Å². The zero-order valence-corrected chi connectivity index (χ0v) is 16.2. The SMILES string of the molecule is O=C(Nc1cc(-c2nc(NC3CCNC3)c3sccc3n2)ccn1)c1ccco1. The number of nitrogens with one attached hydrogen (secondary N) is 3. The molecule has 0 spiro atoms. The van der Waals surface area contributed by atoms with Crippen LogP contribution in [0, 0.1) is 0 Å². The molecule has 0 aliphatic carbocycles. The topological polar surface area (TPSA) is 105 Å². The highest BCUT2D eigenvalue weighted by molar-refractivity contribution is 7.17. The maximum atomic E-state index is 12.2. The lowest BCUT2D eigenvalue weighted by atomic mass is 10.2. The van der Waals surface area contributed by atoms with Crippen molar-refractivity contribution in [3.63, 3.8) is 0 Å². The Kier molecular flexibility index (Phi) is 4.66. The molecule has 1 amide bonds. The predicted molar refractivity (Wildman–Crippen MR) is 112 cm³/mol. The monoisotopic (exact) mass is 406 g/mol. The average molecular weight is 406 g/mol. The summed E-state index contributed by atoms with van der Waals surface area (Å²) in [5.41, 5.74) is 1.67. The van der Waals surface area contributed by atoms with Gasteiger partial charge in [-0.15, -0.1) is 11.3 Å². The number of nitrogens with zero attached hydrogens (tertiary/aromatic N) is 3. The number of rotatable bonds is 5. The molecule has 9 heteroatoms. The number of anilines is 2. The van der Waals surface area contributed by atoms with E-state index in [1.807, 2.05) is 17.5 Å². The van der Waals surface area contributed by atoms with Crippen molar-refractivity contribution in [2.24, 2.45) is 0 Å². The molecule has 4 aromatic heterocycles. The van der Waals surface area contributed by atoms with Gasteiger partial charge >= 0.3 is 0 Å². The molecule has 5 heterocycles. The standard InChI is InChI=1S/C20H18N6O2S/c27-20(15-2-1-8-28-15)25-16-10-12(3-7-22-16)18-24-14-5-9-29-17(14)19(26-18)23-13-4-6-21-11-13/h1-3,5,7-10,13,21H,4,6,11H2,(H,22,25,27)(H,23,24,26). The number of thiophene rings is 1. The zero-order chi connectivity index (χ0) is 19.6. The third kappa shape index (κ3) is 3.69. The molecule has 29 heavy (non-hydrogen) atoms. The summed E-state index contributed by atoms with van der Waals surface area (Å²) in [6, 6.07) is 9.19. The lowest BCUT2D eigenvalue weighted by molar-refractivity contribution is 0.0996. The van der Waals surface area contributed by atoms with Crippen molar-refractivity contribution in [2.45, 2.75) is 12.5 Å².